The van der Waals surface area contributed by atoms with Crippen molar-refractivity contribution in [2.75, 3.05) is 25.1 Å². The van der Waals surface area contributed by atoms with E-state index in [2.05, 4.69) is 10.3 Å². The molecule has 0 N–H and O–H groups in total. The van der Waals surface area contributed by atoms with Crippen LogP contribution in [0.2, 0.25) is 0 Å². The predicted octanol–water partition coefficient (Wildman–Crippen LogP) is 0.313. The number of nitrogens with zero attached hydrogens (tertiary/aromatic N) is 4. The number of carbonyl (C=O) groups excluding carboxylic acids is 1. The summed E-state index contributed by atoms with van der Waals surface area (Å²) in [5.41, 5.74) is 0.996. The average Bonchev–Trinajstić information content (AvgIpc) is 2.87. The van der Waals surface area contributed by atoms with E-state index in [1.165, 1.54) is 0 Å². The molecular formula is C11H16N4O2S. The summed E-state index contributed by atoms with van der Waals surface area (Å²) in [4.78, 5) is 13.9. The Morgan fingerprint density at radius 2 is 2.56 bits per heavy atom. The molecule has 2 aliphatic rings. The molecule has 1 amide bonds. The van der Waals surface area contributed by atoms with E-state index >= 15 is 0 Å². The minimum absolute atomic E-state index is 0.121. The molecule has 0 aromatic carbocycles. The standard InChI is InChI=1S/C11H16N4O2S/c1-18-7-11(16)14-3-2-10-9(5-14)15-8(6-17-10)4-12-13-15/h4,9-10H,2-3,5-7H2,1H3/t9-,10+/m1/s1. The van der Waals surface area contributed by atoms with Gasteiger partial charge in [0.2, 0.25) is 5.91 Å². The fourth-order valence-corrected chi connectivity index (χ4v) is 3.05. The molecule has 1 aromatic heterocycles. The van der Waals surface area contributed by atoms with Gasteiger partial charge in [-0.05, 0) is 12.7 Å². The van der Waals surface area contributed by atoms with Crippen LogP contribution >= 0.6 is 11.8 Å². The first-order valence-electron chi connectivity index (χ1n) is 6.07. The molecule has 1 fully saturated rings. The molecule has 6 nitrogen and oxygen atoms in total. The molecule has 0 spiro atoms. The third kappa shape index (κ3) is 2.01. The van der Waals surface area contributed by atoms with Gasteiger partial charge in [-0.2, -0.15) is 11.8 Å². The predicted molar refractivity (Wildman–Crippen MR) is 67.2 cm³/mol. The molecule has 1 saturated heterocycles. The maximum atomic E-state index is 11.9. The molecule has 2 aliphatic heterocycles. The maximum Gasteiger partial charge on any atom is 0.232 e. The normalized spacial score (nSPS) is 26.6. The summed E-state index contributed by atoms with van der Waals surface area (Å²) in [7, 11) is 0. The lowest BCUT2D eigenvalue weighted by Gasteiger charge is -2.40. The number of ether oxygens (including phenoxy) is 1. The van der Waals surface area contributed by atoms with Crippen LogP contribution < -0.4 is 0 Å². The van der Waals surface area contributed by atoms with E-state index in [1.807, 2.05) is 15.8 Å². The van der Waals surface area contributed by atoms with Crippen LogP contribution in [-0.4, -0.2) is 57.0 Å². The van der Waals surface area contributed by atoms with Crippen molar-refractivity contribution in [3.05, 3.63) is 11.9 Å². The highest BCUT2D eigenvalue weighted by Gasteiger charge is 2.37. The van der Waals surface area contributed by atoms with Gasteiger partial charge in [-0.1, -0.05) is 5.21 Å². The third-order valence-corrected chi connectivity index (χ3v) is 4.08. The number of hydrogen-bond acceptors (Lipinski definition) is 5. The molecule has 0 bridgehead atoms. The molecule has 3 rings (SSSR count). The van der Waals surface area contributed by atoms with E-state index < -0.39 is 0 Å². The van der Waals surface area contributed by atoms with E-state index in [0.29, 0.717) is 18.9 Å². The lowest BCUT2D eigenvalue weighted by Crippen LogP contribution is -2.50. The summed E-state index contributed by atoms with van der Waals surface area (Å²) in [5.74, 6) is 0.746. The zero-order valence-corrected chi connectivity index (χ0v) is 11.1. The van der Waals surface area contributed by atoms with E-state index in [-0.39, 0.29) is 18.1 Å². The first-order valence-corrected chi connectivity index (χ1v) is 7.46. The Balaban J connectivity index is 1.77. The number of fused-ring (bicyclic) bond motifs is 3. The topological polar surface area (TPSA) is 60.3 Å². The van der Waals surface area contributed by atoms with Crippen LogP contribution in [0.15, 0.2) is 6.20 Å². The van der Waals surface area contributed by atoms with Crippen molar-refractivity contribution in [3.63, 3.8) is 0 Å². The summed E-state index contributed by atoms with van der Waals surface area (Å²) in [6.07, 6.45) is 4.73. The van der Waals surface area contributed by atoms with Crippen LogP contribution in [-0.2, 0) is 16.1 Å². The molecule has 1 aromatic rings. The number of hydrogen-bond donors (Lipinski definition) is 0. The van der Waals surface area contributed by atoms with Crippen LogP contribution in [0.1, 0.15) is 18.2 Å². The summed E-state index contributed by atoms with van der Waals surface area (Å²) in [6.45, 7) is 2.04. The smallest absolute Gasteiger partial charge is 0.232 e. The number of carbonyl (C=O) groups is 1. The first kappa shape index (κ1) is 12.0. The van der Waals surface area contributed by atoms with Crippen molar-refractivity contribution in [1.29, 1.82) is 0 Å². The number of piperidine rings is 1. The van der Waals surface area contributed by atoms with Gasteiger partial charge in [0.1, 0.15) is 0 Å². The Morgan fingerprint density at radius 3 is 3.39 bits per heavy atom. The Kier molecular flexibility index (Phi) is 3.25. The van der Waals surface area contributed by atoms with Crippen LogP contribution in [0.5, 0.6) is 0 Å². The van der Waals surface area contributed by atoms with Crippen LogP contribution in [0.25, 0.3) is 0 Å². The lowest BCUT2D eigenvalue weighted by molar-refractivity contribution is -0.135. The van der Waals surface area contributed by atoms with Gasteiger partial charge in [-0.25, -0.2) is 4.68 Å². The highest BCUT2D eigenvalue weighted by atomic mass is 32.2. The zero-order valence-electron chi connectivity index (χ0n) is 10.3. The summed E-state index contributed by atoms with van der Waals surface area (Å²) >= 11 is 1.56. The summed E-state index contributed by atoms with van der Waals surface area (Å²) in [6, 6.07) is 0.121. The number of likely N-dealkylation sites (tertiary alicyclic amines) is 1. The van der Waals surface area contributed by atoms with Crippen molar-refractivity contribution in [3.8, 4) is 0 Å². The second-order valence-corrected chi connectivity index (χ2v) is 5.51. The molecule has 18 heavy (non-hydrogen) atoms. The van der Waals surface area contributed by atoms with Crippen LogP contribution in [0.4, 0.5) is 0 Å². The number of thioether (sulfide) groups is 1. The van der Waals surface area contributed by atoms with Gasteiger partial charge in [0, 0.05) is 13.1 Å². The minimum Gasteiger partial charge on any atom is -0.370 e. The molecular weight excluding hydrogens is 252 g/mol. The fourth-order valence-electron chi connectivity index (χ4n) is 2.62. The number of rotatable bonds is 2. The highest BCUT2D eigenvalue weighted by molar-refractivity contribution is 7.99. The second kappa shape index (κ2) is 4.89. The molecule has 2 atom stereocenters. The Labute approximate surface area is 110 Å². The molecule has 3 heterocycles. The third-order valence-electron chi connectivity index (χ3n) is 3.55. The maximum absolute atomic E-state index is 11.9. The van der Waals surface area contributed by atoms with Gasteiger partial charge in [-0.15, -0.1) is 5.10 Å². The molecule has 0 saturated carbocycles. The van der Waals surface area contributed by atoms with E-state index in [9.17, 15) is 4.79 Å². The van der Waals surface area contributed by atoms with Crippen molar-refractivity contribution in [1.82, 2.24) is 19.9 Å². The highest BCUT2D eigenvalue weighted by Crippen LogP contribution is 2.30. The second-order valence-electron chi connectivity index (χ2n) is 4.65. The van der Waals surface area contributed by atoms with Gasteiger partial charge < -0.3 is 9.64 Å². The Morgan fingerprint density at radius 1 is 1.67 bits per heavy atom. The summed E-state index contributed by atoms with van der Waals surface area (Å²) < 4.78 is 7.73. The molecule has 0 radical (unpaired) electrons. The lowest BCUT2D eigenvalue weighted by atomic mass is 10.0. The van der Waals surface area contributed by atoms with Crippen molar-refractivity contribution < 1.29 is 9.53 Å². The van der Waals surface area contributed by atoms with Crippen LogP contribution in [0.3, 0.4) is 0 Å². The largest absolute Gasteiger partial charge is 0.370 e. The number of amides is 1. The molecule has 0 aliphatic carbocycles. The Hall–Kier alpha value is -1.08. The zero-order chi connectivity index (χ0) is 12.5. The van der Waals surface area contributed by atoms with Crippen molar-refractivity contribution >= 4 is 17.7 Å². The van der Waals surface area contributed by atoms with Gasteiger partial charge >= 0.3 is 0 Å². The fraction of sp³-hybridized carbons (Fsp3) is 0.727. The number of aromatic nitrogens is 3. The van der Waals surface area contributed by atoms with Gasteiger partial charge in [0.15, 0.2) is 0 Å². The van der Waals surface area contributed by atoms with Crippen molar-refractivity contribution in [2.24, 2.45) is 0 Å². The Bertz CT molecular complexity index is 450. The average molecular weight is 268 g/mol. The van der Waals surface area contributed by atoms with E-state index in [1.54, 1.807) is 18.0 Å². The van der Waals surface area contributed by atoms with Crippen LogP contribution in [0, 0.1) is 0 Å². The summed E-state index contributed by atoms with van der Waals surface area (Å²) in [5, 5.41) is 8.05. The van der Waals surface area contributed by atoms with E-state index in [0.717, 1.165) is 18.7 Å². The van der Waals surface area contributed by atoms with Gasteiger partial charge in [0.05, 0.1) is 36.4 Å². The molecule has 98 valence electrons. The van der Waals surface area contributed by atoms with E-state index in [4.69, 9.17) is 4.74 Å². The van der Waals surface area contributed by atoms with Gasteiger partial charge in [-0.3, -0.25) is 4.79 Å². The monoisotopic (exact) mass is 268 g/mol. The minimum atomic E-state index is 0.121. The molecule has 7 heteroatoms. The first-order chi connectivity index (χ1) is 8.79. The molecule has 0 unspecified atom stereocenters. The van der Waals surface area contributed by atoms with Gasteiger partial charge in [0.25, 0.3) is 0 Å². The van der Waals surface area contributed by atoms with Crippen molar-refractivity contribution in [2.45, 2.75) is 25.2 Å². The quantitative estimate of drug-likeness (QED) is 0.773. The SMILES string of the molecule is CSCC(=O)N1CC[C@@H]2OCc3cnnn3[C@@H]2C1.